The van der Waals surface area contributed by atoms with Crippen LogP contribution in [0.25, 0.3) is 0 Å². The summed E-state index contributed by atoms with van der Waals surface area (Å²) in [7, 11) is 0. The van der Waals surface area contributed by atoms with Crippen LogP contribution in [0.3, 0.4) is 0 Å². The first kappa shape index (κ1) is 26.3. The zero-order chi connectivity index (χ0) is 25.2. The summed E-state index contributed by atoms with van der Waals surface area (Å²) in [5.41, 5.74) is 2.17. The van der Waals surface area contributed by atoms with E-state index in [0.29, 0.717) is 19.8 Å². The molecule has 0 spiro atoms. The molecule has 0 amide bonds. The minimum Gasteiger partial charge on any atom is -0.457 e. The molecule has 190 valence electrons. The van der Waals surface area contributed by atoms with Crippen LogP contribution in [0.4, 0.5) is 0 Å². The standard InChI is InChI=1S/C29H31ClO6/c1-21(31)35-26-25(20-32-17-22-11-5-2-6-12-22)36-29(30)28(34-19-24-15-9-4-10-16-24)27(26)33-18-23-13-7-3-8-14-23/h2-16,25-29H,17-20H2,1H3/t25-,26+,27+,28-,29+/m1/s1. The molecule has 0 N–H and O–H groups in total. The first-order chi connectivity index (χ1) is 17.6. The van der Waals surface area contributed by atoms with E-state index in [1.807, 2.05) is 91.0 Å². The minimum atomic E-state index is -0.827. The molecule has 0 saturated carbocycles. The van der Waals surface area contributed by atoms with Crippen LogP contribution in [0.2, 0.25) is 0 Å². The number of rotatable bonds is 11. The Labute approximate surface area is 217 Å². The normalized spacial score (nSPS) is 23.8. The van der Waals surface area contributed by atoms with Gasteiger partial charge in [0.05, 0.1) is 26.4 Å². The number of hydrogen-bond acceptors (Lipinski definition) is 6. The Morgan fingerprint density at radius 3 is 1.69 bits per heavy atom. The van der Waals surface area contributed by atoms with E-state index in [-0.39, 0.29) is 6.61 Å². The van der Waals surface area contributed by atoms with Gasteiger partial charge < -0.3 is 23.7 Å². The maximum atomic E-state index is 12.1. The van der Waals surface area contributed by atoms with Crippen LogP contribution in [-0.2, 0) is 48.3 Å². The second-order valence-corrected chi connectivity index (χ2v) is 9.05. The summed E-state index contributed by atoms with van der Waals surface area (Å²) in [6.45, 7) is 2.54. The molecular formula is C29H31ClO6. The third kappa shape index (κ3) is 7.63. The van der Waals surface area contributed by atoms with E-state index >= 15 is 0 Å². The third-order valence-electron chi connectivity index (χ3n) is 5.84. The summed E-state index contributed by atoms with van der Waals surface area (Å²) in [5.74, 6) is -0.445. The molecule has 1 aliphatic heterocycles. The number of carbonyl (C=O) groups is 1. The SMILES string of the molecule is CC(=O)O[C@@H]1[C@H](OCc2ccccc2)[C@@H](OCc2ccccc2)[C@@H](Cl)O[C@@H]1COCc1ccccc1. The topological polar surface area (TPSA) is 63.2 Å². The fourth-order valence-corrected chi connectivity index (χ4v) is 4.45. The van der Waals surface area contributed by atoms with Crippen LogP contribution in [0.5, 0.6) is 0 Å². The Morgan fingerprint density at radius 1 is 0.722 bits per heavy atom. The smallest absolute Gasteiger partial charge is 0.303 e. The Bertz CT molecular complexity index is 1050. The van der Waals surface area contributed by atoms with Crippen LogP contribution in [-0.4, -0.2) is 42.6 Å². The summed E-state index contributed by atoms with van der Waals surface area (Å²) < 4.78 is 30.3. The molecule has 0 bridgehead atoms. The number of halogens is 1. The van der Waals surface area contributed by atoms with Gasteiger partial charge in [0.15, 0.2) is 11.7 Å². The molecule has 1 fully saturated rings. The molecule has 4 rings (SSSR count). The van der Waals surface area contributed by atoms with Crippen molar-refractivity contribution in [2.75, 3.05) is 6.61 Å². The predicted molar refractivity (Wildman–Crippen MR) is 136 cm³/mol. The van der Waals surface area contributed by atoms with Crippen molar-refractivity contribution in [2.45, 2.75) is 56.7 Å². The maximum absolute atomic E-state index is 12.1. The fraction of sp³-hybridized carbons (Fsp3) is 0.345. The van der Waals surface area contributed by atoms with Gasteiger partial charge in [-0.15, -0.1) is 0 Å². The van der Waals surface area contributed by atoms with E-state index in [1.54, 1.807) is 0 Å². The highest BCUT2D eigenvalue weighted by atomic mass is 35.5. The molecule has 0 unspecified atom stereocenters. The summed E-state index contributed by atoms with van der Waals surface area (Å²) >= 11 is 6.69. The van der Waals surface area contributed by atoms with Gasteiger partial charge in [-0.05, 0) is 16.7 Å². The van der Waals surface area contributed by atoms with Gasteiger partial charge in [0.1, 0.15) is 18.3 Å². The van der Waals surface area contributed by atoms with Crippen molar-refractivity contribution in [1.82, 2.24) is 0 Å². The van der Waals surface area contributed by atoms with Crippen molar-refractivity contribution >= 4 is 17.6 Å². The minimum absolute atomic E-state index is 0.173. The van der Waals surface area contributed by atoms with E-state index in [2.05, 4.69) is 0 Å². The lowest BCUT2D eigenvalue weighted by molar-refractivity contribution is -0.249. The molecular weight excluding hydrogens is 480 g/mol. The molecule has 3 aromatic carbocycles. The van der Waals surface area contributed by atoms with Gasteiger partial charge >= 0.3 is 5.97 Å². The van der Waals surface area contributed by atoms with Gasteiger partial charge in [-0.3, -0.25) is 4.79 Å². The summed E-state index contributed by atoms with van der Waals surface area (Å²) in [6.07, 6.45) is -2.74. The highest BCUT2D eigenvalue weighted by Gasteiger charge is 2.49. The fourth-order valence-electron chi connectivity index (χ4n) is 4.10. The lowest BCUT2D eigenvalue weighted by atomic mass is 9.99. The lowest BCUT2D eigenvalue weighted by Gasteiger charge is -2.43. The first-order valence-electron chi connectivity index (χ1n) is 12.0. The summed E-state index contributed by atoms with van der Waals surface area (Å²) in [4.78, 5) is 12.1. The van der Waals surface area contributed by atoms with Gasteiger partial charge in [-0.25, -0.2) is 0 Å². The van der Waals surface area contributed by atoms with Crippen molar-refractivity contribution in [3.63, 3.8) is 0 Å². The van der Waals surface area contributed by atoms with Gasteiger partial charge in [-0.2, -0.15) is 0 Å². The van der Waals surface area contributed by atoms with Crippen LogP contribution in [0.1, 0.15) is 23.6 Å². The second kappa shape index (κ2) is 13.5. The van der Waals surface area contributed by atoms with Crippen LogP contribution >= 0.6 is 11.6 Å². The Balaban J connectivity index is 1.51. The molecule has 0 aromatic heterocycles. The maximum Gasteiger partial charge on any atom is 0.303 e. The van der Waals surface area contributed by atoms with Gasteiger partial charge in [0, 0.05) is 6.92 Å². The van der Waals surface area contributed by atoms with Gasteiger partial charge in [0.2, 0.25) is 0 Å². The average molecular weight is 511 g/mol. The van der Waals surface area contributed by atoms with Gasteiger partial charge in [-0.1, -0.05) is 103 Å². The number of benzene rings is 3. The third-order valence-corrected chi connectivity index (χ3v) is 6.19. The number of esters is 1. The zero-order valence-corrected chi connectivity index (χ0v) is 21.0. The van der Waals surface area contributed by atoms with Crippen LogP contribution < -0.4 is 0 Å². The van der Waals surface area contributed by atoms with Crippen molar-refractivity contribution in [3.8, 4) is 0 Å². The molecule has 36 heavy (non-hydrogen) atoms. The van der Waals surface area contributed by atoms with Crippen molar-refractivity contribution < 1.29 is 28.5 Å². The Kier molecular flexibility index (Phi) is 9.90. The largest absolute Gasteiger partial charge is 0.457 e. The van der Waals surface area contributed by atoms with E-state index in [1.165, 1.54) is 6.92 Å². The molecule has 0 aliphatic carbocycles. The van der Waals surface area contributed by atoms with Crippen LogP contribution in [0, 0.1) is 0 Å². The quantitative estimate of drug-likeness (QED) is 0.259. The monoisotopic (exact) mass is 510 g/mol. The molecule has 1 saturated heterocycles. The van der Waals surface area contributed by atoms with E-state index in [4.69, 9.17) is 35.3 Å². The number of carbonyl (C=O) groups excluding carboxylic acids is 1. The summed E-state index contributed by atoms with van der Waals surface area (Å²) in [5, 5.41) is 0. The molecule has 0 radical (unpaired) electrons. The highest BCUT2D eigenvalue weighted by molar-refractivity contribution is 6.20. The lowest BCUT2D eigenvalue weighted by Crippen LogP contribution is -2.60. The molecule has 1 heterocycles. The van der Waals surface area contributed by atoms with Gasteiger partial charge in [0.25, 0.3) is 0 Å². The highest BCUT2D eigenvalue weighted by Crippen LogP contribution is 2.32. The molecule has 3 aromatic rings. The average Bonchev–Trinajstić information content (AvgIpc) is 2.90. The Hall–Kier alpha value is -2.74. The molecule has 1 aliphatic rings. The van der Waals surface area contributed by atoms with E-state index in [9.17, 15) is 4.79 Å². The Morgan fingerprint density at radius 2 is 1.19 bits per heavy atom. The number of alkyl halides is 1. The zero-order valence-electron chi connectivity index (χ0n) is 20.2. The first-order valence-corrected chi connectivity index (χ1v) is 12.4. The van der Waals surface area contributed by atoms with E-state index < -0.39 is 35.9 Å². The van der Waals surface area contributed by atoms with Crippen LogP contribution in [0.15, 0.2) is 91.0 Å². The van der Waals surface area contributed by atoms with Crippen molar-refractivity contribution in [2.24, 2.45) is 0 Å². The second-order valence-electron chi connectivity index (χ2n) is 8.62. The molecule has 6 nitrogen and oxygen atoms in total. The van der Waals surface area contributed by atoms with Crippen molar-refractivity contribution in [1.29, 1.82) is 0 Å². The molecule has 7 heteroatoms. The molecule has 5 atom stereocenters. The van der Waals surface area contributed by atoms with E-state index in [0.717, 1.165) is 16.7 Å². The summed E-state index contributed by atoms with van der Waals surface area (Å²) in [6, 6.07) is 29.4. The predicted octanol–water partition coefficient (Wildman–Crippen LogP) is 5.27. The number of ether oxygens (including phenoxy) is 5. The van der Waals surface area contributed by atoms with Crippen molar-refractivity contribution in [3.05, 3.63) is 108 Å². The number of hydrogen-bond donors (Lipinski definition) is 0.